The molecule has 0 bridgehead atoms. The minimum atomic E-state index is -0.143. The molecule has 6 heteroatoms. The van der Waals surface area contributed by atoms with Crippen LogP contribution in [0.1, 0.15) is 12.6 Å². The normalized spacial score (nSPS) is 21.1. The zero-order valence-corrected chi connectivity index (χ0v) is 14.2. The Morgan fingerprint density at radius 3 is 2.92 bits per heavy atom. The molecule has 3 rings (SSSR count). The molecule has 1 aromatic carbocycles. The third-order valence-corrected chi connectivity index (χ3v) is 4.34. The molecule has 0 unspecified atom stereocenters. The maximum Gasteiger partial charge on any atom is 0.315 e. The molecule has 2 aromatic rings. The van der Waals surface area contributed by atoms with Gasteiger partial charge in [-0.05, 0) is 19.1 Å². The smallest absolute Gasteiger partial charge is 0.315 e. The summed E-state index contributed by atoms with van der Waals surface area (Å²) >= 11 is 0. The SMILES string of the molecule is CCNC(=O)N[C@@H]1CN(Cc2ccc3ccccc3n2)C[C@@H]1OC. The highest BCUT2D eigenvalue weighted by Crippen LogP contribution is 2.18. The summed E-state index contributed by atoms with van der Waals surface area (Å²) in [5.41, 5.74) is 2.04. The van der Waals surface area contributed by atoms with E-state index in [4.69, 9.17) is 9.72 Å². The van der Waals surface area contributed by atoms with E-state index >= 15 is 0 Å². The van der Waals surface area contributed by atoms with Gasteiger partial charge >= 0.3 is 6.03 Å². The van der Waals surface area contributed by atoms with Crippen molar-refractivity contribution < 1.29 is 9.53 Å². The Labute approximate surface area is 142 Å². The minimum absolute atomic E-state index is 0.00642. The number of carbonyl (C=O) groups excluding carboxylic acids is 1. The third kappa shape index (κ3) is 3.83. The number of ether oxygens (including phenoxy) is 1. The van der Waals surface area contributed by atoms with Crippen molar-refractivity contribution in [1.29, 1.82) is 0 Å². The Morgan fingerprint density at radius 1 is 1.29 bits per heavy atom. The summed E-state index contributed by atoms with van der Waals surface area (Å²) in [4.78, 5) is 18.8. The number of likely N-dealkylation sites (tertiary alicyclic amines) is 1. The van der Waals surface area contributed by atoms with Crippen molar-refractivity contribution >= 4 is 16.9 Å². The summed E-state index contributed by atoms with van der Waals surface area (Å²) in [7, 11) is 1.69. The molecule has 1 aliphatic rings. The number of benzene rings is 1. The van der Waals surface area contributed by atoms with Crippen molar-refractivity contribution in [2.45, 2.75) is 25.6 Å². The first-order chi connectivity index (χ1) is 11.7. The largest absolute Gasteiger partial charge is 0.378 e. The predicted molar refractivity (Wildman–Crippen MR) is 93.8 cm³/mol. The molecule has 2 N–H and O–H groups in total. The molecular formula is C18H24N4O2. The topological polar surface area (TPSA) is 66.5 Å². The molecule has 0 spiro atoms. The fraction of sp³-hybridized carbons (Fsp3) is 0.444. The molecule has 2 atom stereocenters. The molecule has 6 nitrogen and oxygen atoms in total. The first-order valence-electron chi connectivity index (χ1n) is 8.33. The molecule has 0 radical (unpaired) electrons. The zero-order chi connectivity index (χ0) is 16.9. The average Bonchev–Trinajstić information content (AvgIpc) is 2.96. The van der Waals surface area contributed by atoms with Gasteiger partial charge in [0.05, 0.1) is 23.4 Å². The first kappa shape index (κ1) is 16.7. The Hall–Kier alpha value is -2.18. The maximum atomic E-state index is 11.8. The van der Waals surface area contributed by atoms with Gasteiger partial charge in [0.25, 0.3) is 0 Å². The van der Waals surface area contributed by atoms with Gasteiger partial charge in [0, 0.05) is 38.7 Å². The highest BCUT2D eigenvalue weighted by molar-refractivity contribution is 5.78. The predicted octanol–water partition coefficient (Wildman–Crippen LogP) is 1.75. The van der Waals surface area contributed by atoms with Gasteiger partial charge < -0.3 is 15.4 Å². The first-order valence-corrected chi connectivity index (χ1v) is 8.33. The monoisotopic (exact) mass is 328 g/mol. The van der Waals surface area contributed by atoms with Crippen molar-refractivity contribution in [1.82, 2.24) is 20.5 Å². The van der Waals surface area contributed by atoms with E-state index in [1.54, 1.807) is 7.11 Å². The lowest BCUT2D eigenvalue weighted by Gasteiger charge is -2.18. The maximum absolute atomic E-state index is 11.8. The second-order valence-electron chi connectivity index (χ2n) is 6.07. The molecule has 2 amide bonds. The molecule has 128 valence electrons. The summed E-state index contributed by atoms with van der Waals surface area (Å²) in [5.74, 6) is 0. The number of hydrogen-bond acceptors (Lipinski definition) is 4. The summed E-state index contributed by atoms with van der Waals surface area (Å²) in [6.45, 7) is 4.80. The van der Waals surface area contributed by atoms with E-state index in [2.05, 4.69) is 33.7 Å². The van der Waals surface area contributed by atoms with Crippen molar-refractivity contribution in [3.8, 4) is 0 Å². The van der Waals surface area contributed by atoms with Crippen LogP contribution in [0.25, 0.3) is 10.9 Å². The van der Waals surface area contributed by atoms with Crippen molar-refractivity contribution in [2.75, 3.05) is 26.7 Å². The van der Waals surface area contributed by atoms with E-state index in [9.17, 15) is 4.79 Å². The number of amides is 2. The van der Waals surface area contributed by atoms with Crippen molar-refractivity contribution in [2.24, 2.45) is 0 Å². The Balaban J connectivity index is 1.65. The fourth-order valence-electron chi connectivity index (χ4n) is 3.16. The van der Waals surface area contributed by atoms with Crippen LogP contribution in [0.2, 0.25) is 0 Å². The molecule has 1 saturated heterocycles. The van der Waals surface area contributed by atoms with Crippen LogP contribution < -0.4 is 10.6 Å². The van der Waals surface area contributed by atoms with Gasteiger partial charge in [0.1, 0.15) is 0 Å². The molecule has 1 aromatic heterocycles. The van der Waals surface area contributed by atoms with Gasteiger partial charge in [0.2, 0.25) is 0 Å². The third-order valence-electron chi connectivity index (χ3n) is 4.34. The van der Waals surface area contributed by atoms with Crippen molar-refractivity contribution in [3.05, 3.63) is 42.1 Å². The highest BCUT2D eigenvalue weighted by atomic mass is 16.5. The number of carbonyl (C=O) groups is 1. The van der Waals surface area contributed by atoms with Gasteiger partial charge in [-0.2, -0.15) is 0 Å². The number of methoxy groups -OCH3 is 1. The van der Waals surface area contributed by atoms with Gasteiger partial charge in [0.15, 0.2) is 0 Å². The second kappa shape index (κ2) is 7.59. The number of rotatable bonds is 5. The van der Waals surface area contributed by atoms with Gasteiger partial charge in [-0.25, -0.2) is 4.79 Å². The number of nitrogens with zero attached hydrogens (tertiary/aromatic N) is 2. The lowest BCUT2D eigenvalue weighted by molar-refractivity contribution is 0.0910. The van der Waals surface area contributed by atoms with E-state index in [0.29, 0.717) is 6.54 Å². The quantitative estimate of drug-likeness (QED) is 0.878. The fourth-order valence-corrected chi connectivity index (χ4v) is 3.16. The lowest BCUT2D eigenvalue weighted by Crippen LogP contribution is -2.47. The van der Waals surface area contributed by atoms with Crippen LogP contribution in [0.3, 0.4) is 0 Å². The van der Waals surface area contributed by atoms with E-state index in [0.717, 1.165) is 36.2 Å². The summed E-state index contributed by atoms with van der Waals surface area (Å²) in [5, 5.41) is 6.90. The van der Waals surface area contributed by atoms with Crippen LogP contribution >= 0.6 is 0 Å². The van der Waals surface area contributed by atoms with Crippen LogP contribution in [0.5, 0.6) is 0 Å². The molecule has 0 aliphatic carbocycles. The Morgan fingerprint density at radius 2 is 2.12 bits per heavy atom. The standard InChI is InChI=1S/C18H24N4O2/c1-3-19-18(23)21-16-11-22(12-17(16)24-2)10-14-9-8-13-6-4-5-7-15(13)20-14/h4-9,16-17H,3,10-12H2,1-2H3,(H2,19,21,23)/t16-,17+/m1/s1. The number of nitrogens with one attached hydrogen (secondary N) is 2. The number of fused-ring (bicyclic) bond motifs is 1. The summed E-state index contributed by atoms with van der Waals surface area (Å²) in [6.07, 6.45) is -0.00642. The minimum Gasteiger partial charge on any atom is -0.378 e. The Kier molecular flexibility index (Phi) is 5.27. The number of hydrogen-bond donors (Lipinski definition) is 2. The summed E-state index contributed by atoms with van der Waals surface area (Å²) < 4.78 is 5.54. The molecule has 1 fully saturated rings. The summed E-state index contributed by atoms with van der Waals surface area (Å²) in [6, 6.07) is 12.1. The van der Waals surface area contributed by atoms with Gasteiger partial charge in [-0.3, -0.25) is 9.88 Å². The highest BCUT2D eigenvalue weighted by Gasteiger charge is 2.33. The molecule has 0 saturated carbocycles. The van der Waals surface area contributed by atoms with Crippen LogP contribution in [0.4, 0.5) is 4.79 Å². The average molecular weight is 328 g/mol. The van der Waals surface area contributed by atoms with Crippen LogP contribution in [0.15, 0.2) is 36.4 Å². The molecular weight excluding hydrogens is 304 g/mol. The molecule has 2 heterocycles. The van der Waals surface area contributed by atoms with Crippen LogP contribution in [-0.4, -0.2) is 54.8 Å². The van der Waals surface area contributed by atoms with E-state index in [1.807, 2.05) is 25.1 Å². The number of aromatic nitrogens is 1. The van der Waals surface area contributed by atoms with Crippen molar-refractivity contribution in [3.63, 3.8) is 0 Å². The van der Waals surface area contributed by atoms with Gasteiger partial charge in [-0.1, -0.05) is 24.3 Å². The lowest BCUT2D eigenvalue weighted by atomic mass is 10.2. The number of para-hydroxylation sites is 1. The Bertz CT molecular complexity index is 706. The second-order valence-corrected chi connectivity index (χ2v) is 6.07. The van der Waals surface area contributed by atoms with Crippen LogP contribution in [0, 0.1) is 0 Å². The number of pyridine rings is 1. The van der Waals surface area contributed by atoms with E-state index in [-0.39, 0.29) is 18.2 Å². The zero-order valence-electron chi connectivity index (χ0n) is 14.2. The van der Waals surface area contributed by atoms with Crippen LogP contribution in [-0.2, 0) is 11.3 Å². The number of urea groups is 1. The molecule has 24 heavy (non-hydrogen) atoms. The van der Waals surface area contributed by atoms with E-state index in [1.165, 1.54) is 0 Å². The molecule has 1 aliphatic heterocycles. The van der Waals surface area contributed by atoms with E-state index < -0.39 is 0 Å². The van der Waals surface area contributed by atoms with Gasteiger partial charge in [-0.15, -0.1) is 0 Å².